The fraction of sp³-hybridized carbons (Fsp3) is 0.111. The molecular weight excluding hydrogens is 347 g/mol. The third kappa shape index (κ3) is 4.54. The van der Waals surface area contributed by atoms with Crippen LogP contribution in [0.1, 0.15) is 11.1 Å². The van der Waals surface area contributed by atoms with E-state index in [1.165, 1.54) is 36.4 Å². The quantitative estimate of drug-likeness (QED) is 0.433. The molecule has 2 rings (SSSR count). The summed E-state index contributed by atoms with van der Waals surface area (Å²) in [7, 11) is 0. The van der Waals surface area contributed by atoms with Gasteiger partial charge in [-0.3, -0.25) is 4.79 Å². The number of rotatable bonds is 4. The largest absolute Gasteiger partial charge is 0.508 e. The predicted molar refractivity (Wildman–Crippen MR) is 90.2 cm³/mol. The van der Waals surface area contributed by atoms with E-state index in [9.17, 15) is 23.1 Å². The van der Waals surface area contributed by atoms with Crippen LogP contribution in [0.5, 0.6) is 5.75 Å². The van der Waals surface area contributed by atoms with Crippen LogP contribution in [-0.2, 0) is 11.0 Å². The van der Waals surface area contributed by atoms with Crippen LogP contribution in [0.2, 0.25) is 0 Å². The summed E-state index contributed by atoms with van der Waals surface area (Å²) in [6, 6.07) is 10.6. The zero-order valence-corrected chi connectivity index (χ0v) is 13.6. The Kier molecular flexibility index (Phi) is 5.52. The van der Waals surface area contributed by atoms with E-state index in [0.29, 0.717) is 11.3 Å². The summed E-state index contributed by atoms with van der Waals surface area (Å²) in [6.07, 6.45) is -3.66. The topological polar surface area (TPSA) is 85.2 Å². The van der Waals surface area contributed by atoms with Crippen LogP contribution in [-0.4, -0.2) is 11.0 Å². The highest BCUT2D eigenvalue weighted by Gasteiger charge is 2.33. The summed E-state index contributed by atoms with van der Waals surface area (Å²) in [4.78, 5) is 12.2. The van der Waals surface area contributed by atoms with Crippen molar-refractivity contribution in [2.24, 2.45) is 0 Å². The molecule has 0 atom stereocenters. The van der Waals surface area contributed by atoms with Gasteiger partial charge in [-0.25, -0.2) is 0 Å². The minimum Gasteiger partial charge on any atom is -0.508 e. The van der Waals surface area contributed by atoms with Crippen LogP contribution in [0.3, 0.4) is 0 Å². The molecule has 0 bridgehead atoms. The lowest BCUT2D eigenvalue weighted by Crippen LogP contribution is -2.15. The average Bonchev–Trinajstić information content (AvgIpc) is 2.57. The number of phenolic OH excluding ortho intramolecular Hbond substituents is 1. The summed E-state index contributed by atoms with van der Waals surface area (Å²) in [5.74, 6) is -0.778. The van der Waals surface area contributed by atoms with Crippen molar-refractivity contribution in [2.75, 3.05) is 10.6 Å². The standard InChI is InChI=1S/C18H14F3N3O2/c1-11-8-13(25)6-7-15(11)24-17(26)12(9-22)10-23-16-5-3-2-4-14(16)18(19,20)21/h2-8,10,23,25H,1H3,(H,24,26)/b12-10-. The van der Waals surface area contributed by atoms with Crippen LogP contribution in [0.4, 0.5) is 24.5 Å². The molecule has 3 N–H and O–H groups in total. The van der Waals surface area contributed by atoms with Gasteiger partial charge in [0.25, 0.3) is 5.91 Å². The van der Waals surface area contributed by atoms with Gasteiger partial charge in [-0.2, -0.15) is 18.4 Å². The molecule has 0 saturated carbocycles. The second-order valence-electron chi connectivity index (χ2n) is 5.31. The van der Waals surface area contributed by atoms with Crippen LogP contribution in [0, 0.1) is 18.3 Å². The van der Waals surface area contributed by atoms with Crippen molar-refractivity contribution >= 4 is 17.3 Å². The van der Waals surface area contributed by atoms with Crippen LogP contribution in [0.25, 0.3) is 0 Å². The van der Waals surface area contributed by atoms with Gasteiger partial charge < -0.3 is 15.7 Å². The average molecular weight is 361 g/mol. The number of halogens is 3. The third-order valence-corrected chi connectivity index (χ3v) is 3.43. The number of nitriles is 1. The molecule has 0 unspecified atom stereocenters. The van der Waals surface area contributed by atoms with Gasteiger partial charge in [0, 0.05) is 11.9 Å². The summed E-state index contributed by atoms with van der Waals surface area (Å²) in [5, 5.41) is 23.3. The van der Waals surface area contributed by atoms with Crippen molar-refractivity contribution in [1.82, 2.24) is 0 Å². The van der Waals surface area contributed by atoms with Gasteiger partial charge in [0.1, 0.15) is 17.4 Å². The Bertz CT molecular complexity index is 899. The van der Waals surface area contributed by atoms with E-state index in [-0.39, 0.29) is 11.4 Å². The summed E-state index contributed by atoms with van der Waals surface area (Å²) < 4.78 is 38.9. The molecule has 0 saturated heterocycles. The summed E-state index contributed by atoms with van der Waals surface area (Å²) >= 11 is 0. The molecule has 0 aliphatic heterocycles. The lowest BCUT2D eigenvalue weighted by Gasteiger charge is -2.12. The number of aryl methyl sites for hydroxylation is 1. The minimum atomic E-state index is -4.57. The Labute approximate surface area is 147 Å². The van der Waals surface area contributed by atoms with Gasteiger partial charge in [0.15, 0.2) is 0 Å². The van der Waals surface area contributed by atoms with Gasteiger partial charge in [0.05, 0.1) is 11.3 Å². The van der Waals surface area contributed by atoms with E-state index in [0.717, 1.165) is 12.3 Å². The lowest BCUT2D eigenvalue weighted by molar-refractivity contribution is -0.136. The lowest BCUT2D eigenvalue weighted by atomic mass is 10.1. The molecule has 0 radical (unpaired) electrons. The molecule has 2 aromatic rings. The Balaban J connectivity index is 2.21. The molecule has 0 fully saturated rings. The van der Waals surface area contributed by atoms with E-state index in [1.807, 2.05) is 0 Å². The maximum absolute atomic E-state index is 13.0. The highest BCUT2D eigenvalue weighted by Crippen LogP contribution is 2.34. The second-order valence-corrected chi connectivity index (χ2v) is 5.31. The third-order valence-electron chi connectivity index (χ3n) is 3.43. The molecular formula is C18H14F3N3O2. The molecule has 1 amide bonds. The van der Waals surface area contributed by atoms with Crippen molar-refractivity contribution in [3.63, 3.8) is 0 Å². The fourth-order valence-corrected chi connectivity index (χ4v) is 2.13. The number of nitrogens with one attached hydrogen (secondary N) is 2. The summed E-state index contributed by atoms with van der Waals surface area (Å²) in [6.45, 7) is 1.64. The number of para-hydroxylation sites is 1. The van der Waals surface area contributed by atoms with E-state index in [1.54, 1.807) is 13.0 Å². The first-order valence-electron chi connectivity index (χ1n) is 7.36. The minimum absolute atomic E-state index is 0.0157. The van der Waals surface area contributed by atoms with E-state index in [2.05, 4.69) is 10.6 Å². The molecule has 134 valence electrons. The van der Waals surface area contributed by atoms with Crippen LogP contribution >= 0.6 is 0 Å². The maximum atomic E-state index is 13.0. The van der Waals surface area contributed by atoms with Crippen LogP contribution in [0.15, 0.2) is 54.2 Å². The number of hydrogen-bond acceptors (Lipinski definition) is 4. The van der Waals surface area contributed by atoms with Crippen molar-refractivity contribution in [3.8, 4) is 11.8 Å². The van der Waals surface area contributed by atoms with Crippen molar-refractivity contribution in [1.29, 1.82) is 5.26 Å². The van der Waals surface area contributed by atoms with Crippen LogP contribution < -0.4 is 10.6 Å². The molecule has 0 spiro atoms. The Morgan fingerprint density at radius 2 is 1.88 bits per heavy atom. The molecule has 26 heavy (non-hydrogen) atoms. The monoisotopic (exact) mass is 361 g/mol. The number of aromatic hydroxyl groups is 1. The predicted octanol–water partition coefficient (Wildman–Crippen LogP) is 4.18. The second kappa shape index (κ2) is 7.61. The molecule has 0 aliphatic rings. The number of phenols is 1. The Morgan fingerprint density at radius 1 is 1.19 bits per heavy atom. The van der Waals surface area contributed by atoms with Gasteiger partial charge in [-0.15, -0.1) is 0 Å². The SMILES string of the molecule is Cc1cc(O)ccc1NC(=O)/C(C#N)=C\Nc1ccccc1C(F)(F)F. The fourth-order valence-electron chi connectivity index (χ4n) is 2.13. The van der Waals surface area contributed by atoms with Gasteiger partial charge in [0.2, 0.25) is 0 Å². The molecule has 2 aromatic carbocycles. The highest BCUT2D eigenvalue weighted by atomic mass is 19.4. The number of alkyl halides is 3. The van der Waals surface area contributed by atoms with Crippen molar-refractivity contribution in [2.45, 2.75) is 13.1 Å². The van der Waals surface area contributed by atoms with E-state index in [4.69, 9.17) is 5.26 Å². The molecule has 0 aliphatic carbocycles. The molecule has 0 aromatic heterocycles. The number of carbonyl (C=O) groups excluding carboxylic acids is 1. The number of benzene rings is 2. The van der Waals surface area contributed by atoms with E-state index >= 15 is 0 Å². The number of nitrogens with zero attached hydrogens (tertiary/aromatic N) is 1. The zero-order valence-electron chi connectivity index (χ0n) is 13.6. The summed E-state index contributed by atoms with van der Waals surface area (Å²) in [5.41, 5.74) is -0.671. The first kappa shape index (κ1) is 18.9. The normalized spacial score (nSPS) is 11.6. The highest BCUT2D eigenvalue weighted by molar-refractivity contribution is 6.07. The van der Waals surface area contributed by atoms with Gasteiger partial charge in [-0.05, 0) is 42.8 Å². The number of anilines is 2. The molecule has 0 heterocycles. The first-order valence-corrected chi connectivity index (χ1v) is 7.36. The maximum Gasteiger partial charge on any atom is 0.418 e. The van der Waals surface area contributed by atoms with Gasteiger partial charge >= 0.3 is 6.18 Å². The van der Waals surface area contributed by atoms with Crippen molar-refractivity contribution in [3.05, 3.63) is 65.4 Å². The van der Waals surface area contributed by atoms with Gasteiger partial charge in [-0.1, -0.05) is 12.1 Å². The Morgan fingerprint density at radius 3 is 2.50 bits per heavy atom. The Hall–Kier alpha value is -3.47. The number of amides is 1. The molecule has 5 nitrogen and oxygen atoms in total. The molecule has 8 heteroatoms. The number of hydrogen-bond donors (Lipinski definition) is 3. The zero-order chi connectivity index (χ0) is 19.3. The number of carbonyl (C=O) groups is 1. The van der Waals surface area contributed by atoms with Crippen molar-refractivity contribution < 1.29 is 23.1 Å². The smallest absolute Gasteiger partial charge is 0.418 e. The van der Waals surface area contributed by atoms with E-state index < -0.39 is 23.2 Å². The first-order chi connectivity index (χ1) is 12.2.